The monoisotopic (exact) mass is 378 g/mol. The SMILES string of the molecule is Cc1cc(C)cc(C2(C(=O)NCc3cccc(NC(=O)CC(C)C)c3)CC2)c1. The second kappa shape index (κ2) is 8.17. The molecule has 3 rings (SSSR count). The Balaban J connectivity index is 1.63. The summed E-state index contributed by atoms with van der Waals surface area (Å²) in [5.74, 6) is 0.428. The van der Waals surface area contributed by atoms with Gasteiger partial charge in [-0.1, -0.05) is 55.3 Å². The average molecular weight is 379 g/mol. The molecule has 2 N–H and O–H groups in total. The Hall–Kier alpha value is -2.62. The van der Waals surface area contributed by atoms with Crippen molar-refractivity contribution in [3.05, 3.63) is 64.7 Å². The summed E-state index contributed by atoms with van der Waals surface area (Å²) in [6, 6.07) is 14.1. The predicted molar refractivity (Wildman–Crippen MR) is 113 cm³/mol. The van der Waals surface area contributed by atoms with Crippen LogP contribution in [0.4, 0.5) is 5.69 Å². The van der Waals surface area contributed by atoms with Gasteiger partial charge in [-0.05, 0) is 55.9 Å². The molecule has 0 aliphatic heterocycles. The van der Waals surface area contributed by atoms with E-state index in [0.29, 0.717) is 18.9 Å². The van der Waals surface area contributed by atoms with Gasteiger partial charge < -0.3 is 10.6 Å². The molecule has 0 unspecified atom stereocenters. The van der Waals surface area contributed by atoms with Crippen molar-refractivity contribution in [3.63, 3.8) is 0 Å². The lowest BCUT2D eigenvalue weighted by atomic mass is 9.92. The van der Waals surface area contributed by atoms with Gasteiger partial charge >= 0.3 is 0 Å². The number of hydrogen-bond acceptors (Lipinski definition) is 2. The lowest BCUT2D eigenvalue weighted by Crippen LogP contribution is -2.34. The average Bonchev–Trinajstić information content (AvgIpc) is 3.40. The molecule has 148 valence electrons. The Bertz CT molecular complexity index is 862. The van der Waals surface area contributed by atoms with Gasteiger partial charge in [-0.15, -0.1) is 0 Å². The Morgan fingerprint density at radius 1 is 1.04 bits per heavy atom. The fourth-order valence-electron chi connectivity index (χ4n) is 3.72. The van der Waals surface area contributed by atoms with Crippen molar-refractivity contribution in [1.82, 2.24) is 5.32 Å². The molecule has 4 heteroatoms. The van der Waals surface area contributed by atoms with Crippen molar-refractivity contribution in [2.45, 2.75) is 58.9 Å². The number of benzene rings is 2. The van der Waals surface area contributed by atoms with Gasteiger partial charge in [0.15, 0.2) is 0 Å². The molecule has 0 saturated heterocycles. The predicted octanol–water partition coefficient (Wildman–Crippen LogP) is 4.64. The van der Waals surface area contributed by atoms with Crippen LogP contribution in [0.15, 0.2) is 42.5 Å². The van der Waals surface area contributed by atoms with E-state index in [9.17, 15) is 9.59 Å². The third kappa shape index (κ3) is 4.80. The zero-order chi connectivity index (χ0) is 20.3. The molecule has 1 aliphatic carbocycles. The van der Waals surface area contributed by atoms with E-state index in [0.717, 1.165) is 29.7 Å². The van der Waals surface area contributed by atoms with Crippen LogP contribution in [-0.2, 0) is 21.5 Å². The van der Waals surface area contributed by atoms with Gasteiger partial charge in [0.25, 0.3) is 0 Å². The summed E-state index contributed by atoms with van der Waals surface area (Å²) in [4.78, 5) is 24.9. The van der Waals surface area contributed by atoms with Crippen LogP contribution in [0, 0.1) is 19.8 Å². The highest BCUT2D eigenvalue weighted by atomic mass is 16.2. The third-order valence-corrected chi connectivity index (χ3v) is 5.22. The second-order valence-corrected chi connectivity index (χ2v) is 8.49. The van der Waals surface area contributed by atoms with E-state index in [1.54, 1.807) is 0 Å². The van der Waals surface area contributed by atoms with E-state index in [1.807, 2.05) is 38.1 Å². The summed E-state index contributed by atoms with van der Waals surface area (Å²) >= 11 is 0. The van der Waals surface area contributed by atoms with Crippen molar-refractivity contribution in [3.8, 4) is 0 Å². The second-order valence-electron chi connectivity index (χ2n) is 8.49. The molecular weight excluding hydrogens is 348 g/mol. The van der Waals surface area contributed by atoms with Crippen LogP contribution in [0.1, 0.15) is 55.4 Å². The number of hydrogen-bond donors (Lipinski definition) is 2. The van der Waals surface area contributed by atoms with Gasteiger partial charge in [-0.2, -0.15) is 0 Å². The van der Waals surface area contributed by atoms with Gasteiger partial charge in [-0.3, -0.25) is 9.59 Å². The molecule has 0 atom stereocenters. The summed E-state index contributed by atoms with van der Waals surface area (Å²) < 4.78 is 0. The molecule has 4 nitrogen and oxygen atoms in total. The minimum Gasteiger partial charge on any atom is -0.351 e. The van der Waals surface area contributed by atoms with E-state index in [1.165, 1.54) is 11.1 Å². The van der Waals surface area contributed by atoms with Crippen LogP contribution in [0.2, 0.25) is 0 Å². The van der Waals surface area contributed by atoms with Crippen molar-refractivity contribution >= 4 is 17.5 Å². The van der Waals surface area contributed by atoms with Crippen molar-refractivity contribution < 1.29 is 9.59 Å². The molecule has 0 spiro atoms. The van der Waals surface area contributed by atoms with Crippen molar-refractivity contribution in [2.75, 3.05) is 5.32 Å². The maximum Gasteiger partial charge on any atom is 0.230 e. The first-order valence-electron chi connectivity index (χ1n) is 10.0. The highest BCUT2D eigenvalue weighted by Crippen LogP contribution is 2.48. The molecule has 2 amide bonds. The number of rotatable bonds is 7. The summed E-state index contributed by atoms with van der Waals surface area (Å²) in [6.45, 7) is 8.65. The molecule has 1 fully saturated rings. The van der Waals surface area contributed by atoms with E-state index in [4.69, 9.17) is 0 Å². The topological polar surface area (TPSA) is 58.2 Å². The number of carbonyl (C=O) groups excluding carboxylic acids is 2. The molecule has 2 aromatic carbocycles. The smallest absolute Gasteiger partial charge is 0.230 e. The zero-order valence-electron chi connectivity index (χ0n) is 17.3. The maximum atomic E-state index is 12.9. The third-order valence-electron chi connectivity index (χ3n) is 5.22. The van der Waals surface area contributed by atoms with Crippen LogP contribution in [0.25, 0.3) is 0 Å². The lowest BCUT2D eigenvalue weighted by Gasteiger charge is -2.17. The van der Waals surface area contributed by atoms with E-state index < -0.39 is 0 Å². The van der Waals surface area contributed by atoms with Crippen LogP contribution in [0.3, 0.4) is 0 Å². The van der Waals surface area contributed by atoms with Crippen molar-refractivity contribution in [1.29, 1.82) is 0 Å². The number of carbonyl (C=O) groups is 2. The summed E-state index contributed by atoms with van der Waals surface area (Å²) in [6.07, 6.45) is 2.29. The highest BCUT2D eigenvalue weighted by molar-refractivity contribution is 5.92. The van der Waals surface area contributed by atoms with Gasteiger partial charge in [0.2, 0.25) is 11.8 Å². The largest absolute Gasteiger partial charge is 0.351 e. The first-order chi connectivity index (χ1) is 13.3. The fourth-order valence-corrected chi connectivity index (χ4v) is 3.72. The van der Waals surface area contributed by atoms with Crippen LogP contribution in [-0.4, -0.2) is 11.8 Å². The standard InChI is InChI=1S/C24H30N2O2/c1-16(2)10-22(27)26-21-7-5-6-19(14-21)15-25-23(28)24(8-9-24)20-12-17(3)11-18(4)13-20/h5-7,11-14,16H,8-10,15H2,1-4H3,(H,25,28)(H,26,27). The first kappa shape index (κ1) is 20.1. The lowest BCUT2D eigenvalue weighted by molar-refractivity contribution is -0.123. The summed E-state index contributed by atoms with van der Waals surface area (Å²) in [7, 11) is 0. The summed E-state index contributed by atoms with van der Waals surface area (Å²) in [5, 5.41) is 6.03. The molecule has 0 aromatic heterocycles. The molecule has 1 aliphatic rings. The van der Waals surface area contributed by atoms with Gasteiger partial charge in [0.05, 0.1) is 5.41 Å². The summed E-state index contributed by atoms with van der Waals surface area (Å²) in [5.41, 5.74) is 4.88. The van der Waals surface area contributed by atoms with E-state index in [-0.39, 0.29) is 17.2 Å². The van der Waals surface area contributed by atoms with Crippen LogP contribution < -0.4 is 10.6 Å². The molecule has 0 heterocycles. The van der Waals surface area contributed by atoms with Gasteiger partial charge in [0.1, 0.15) is 0 Å². The van der Waals surface area contributed by atoms with Gasteiger partial charge in [0, 0.05) is 18.7 Å². The molecule has 0 radical (unpaired) electrons. The Morgan fingerprint density at radius 3 is 2.32 bits per heavy atom. The molecule has 2 aromatic rings. The number of aryl methyl sites for hydroxylation is 2. The normalized spacial score (nSPS) is 14.6. The quantitative estimate of drug-likeness (QED) is 0.738. The Labute approximate surface area is 167 Å². The fraction of sp³-hybridized carbons (Fsp3) is 0.417. The van der Waals surface area contributed by atoms with E-state index in [2.05, 4.69) is 42.7 Å². The number of anilines is 1. The first-order valence-corrected chi connectivity index (χ1v) is 10.0. The van der Waals surface area contributed by atoms with Crippen LogP contribution in [0.5, 0.6) is 0 Å². The maximum absolute atomic E-state index is 12.9. The van der Waals surface area contributed by atoms with Crippen molar-refractivity contribution in [2.24, 2.45) is 5.92 Å². The Kier molecular flexibility index (Phi) is 5.87. The van der Waals surface area contributed by atoms with E-state index >= 15 is 0 Å². The highest BCUT2D eigenvalue weighted by Gasteiger charge is 2.51. The number of amides is 2. The Morgan fingerprint density at radius 2 is 1.71 bits per heavy atom. The molecule has 1 saturated carbocycles. The molecule has 0 bridgehead atoms. The molecular formula is C24H30N2O2. The van der Waals surface area contributed by atoms with Gasteiger partial charge in [-0.25, -0.2) is 0 Å². The molecule has 28 heavy (non-hydrogen) atoms. The minimum absolute atomic E-state index is 0.0166. The zero-order valence-corrected chi connectivity index (χ0v) is 17.3. The van der Waals surface area contributed by atoms with Crippen LogP contribution >= 0.6 is 0 Å². The number of nitrogens with one attached hydrogen (secondary N) is 2. The minimum atomic E-state index is -0.375.